The molecule has 1 fully saturated rings. The van der Waals surface area contributed by atoms with Crippen molar-refractivity contribution in [1.29, 1.82) is 0 Å². The van der Waals surface area contributed by atoms with E-state index in [-0.39, 0.29) is 6.04 Å². The second-order valence-corrected chi connectivity index (χ2v) is 11.5. The molecule has 0 amide bonds. The summed E-state index contributed by atoms with van der Waals surface area (Å²) in [7, 11) is -1.75. The summed E-state index contributed by atoms with van der Waals surface area (Å²) in [5.74, 6) is 0. The number of hydrogen-bond acceptors (Lipinski definition) is 0. The highest BCUT2D eigenvalue weighted by Gasteiger charge is 2.36. The molecule has 1 saturated carbocycles. The summed E-state index contributed by atoms with van der Waals surface area (Å²) in [4.78, 5) is 0. The zero-order valence-electron chi connectivity index (χ0n) is 10.9. The fourth-order valence-corrected chi connectivity index (χ4v) is 3.41. The summed E-state index contributed by atoms with van der Waals surface area (Å²) >= 11 is 0. The van der Waals surface area contributed by atoms with Crippen LogP contribution >= 0.6 is 0 Å². The molecule has 0 atom stereocenters. The lowest BCUT2D eigenvalue weighted by atomic mass is 9.95. The van der Waals surface area contributed by atoms with Gasteiger partial charge in [0.2, 0.25) is 0 Å². The van der Waals surface area contributed by atoms with Crippen LogP contribution in [0.4, 0.5) is 13.2 Å². The molecule has 0 aliphatic heterocycles. The molecule has 0 saturated heterocycles. The molecule has 98 valence electrons. The molecule has 0 bridgehead atoms. The zero-order valence-corrected chi connectivity index (χ0v) is 11.9. The first kappa shape index (κ1) is 14.6. The Hall–Kier alpha value is -0.473. The van der Waals surface area contributed by atoms with E-state index in [9.17, 15) is 13.2 Å². The van der Waals surface area contributed by atoms with Gasteiger partial charge in [-0.15, -0.1) is 5.73 Å². The lowest BCUT2D eigenvalue weighted by molar-refractivity contribution is -0.0912. The molecule has 0 spiro atoms. The van der Waals surface area contributed by atoms with Gasteiger partial charge in [-0.05, 0) is 37.3 Å². The molecule has 0 unspecified atom stereocenters. The maximum atomic E-state index is 12.9. The zero-order chi connectivity index (χ0) is 13.1. The fraction of sp³-hybridized carbons (Fsp3) is 0.769. The van der Waals surface area contributed by atoms with E-state index in [4.69, 9.17) is 0 Å². The Balaban J connectivity index is 3.01. The van der Waals surface area contributed by atoms with Crippen molar-refractivity contribution in [3.05, 3.63) is 16.9 Å². The van der Waals surface area contributed by atoms with Gasteiger partial charge in [0, 0.05) is 8.07 Å². The smallest absolute Gasteiger partial charge is 0.166 e. The van der Waals surface area contributed by atoms with Crippen LogP contribution in [-0.4, -0.2) is 14.3 Å². The number of alkyl halides is 3. The van der Waals surface area contributed by atoms with E-state index in [0.29, 0.717) is 0 Å². The molecule has 0 heterocycles. The summed E-state index contributed by atoms with van der Waals surface area (Å²) in [6, 6.07) is 0.181. The minimum Gasteiger partial charge on any atom is -0.166 e. The van der Waals surface area contributed by atoms with E-state index in [1.807, 2.05) is 19.6 Å². The molecular weight excluding hydrogens is 241 g/mol. The summed E-state index contributed by atoms with van der Waals surface area (Å²) in [5, 5.41) is 0. The molecule has 0 aromatic heterocycles. The minimum absolute atomic E-state index is 0.181. The maximum absolute atomic E-state index is 12.9. The van der Waals surface area contributed by atoms with Crippen LogP contribution in [-0.2, 0) is 0 Å². The molecular formula is C13H21F3Si. The normalized spacial score (nSPS) is 17.9. The maximum Gasteiger partial charge on any atom is 0.419 e. The fourth-order valence-electron chi connectivity index (χ4n) is 2.06. The second kappa shape index (κ2) is 5.45. The van der Waals surface area contributed by atoms with Gasteiger partial charge in [0.25, 0.3) is 0 Å². The van der Waals surface area contributed by atoms with Crippen molar-refractivity contribution in [2.45, 2.75) is 64.0 Å². The van der Waals surface area contributed by atoms with E-state index >= 15 is 0 Å². The highest BCUT2D eigenvalue weighted by atomic mass is 28.3. The monoisotopic (exact) mass is 262 g/mol. The van der Waals surface area contributed by atoms with Crippen LogP contribution in [0.5, 0.6) is 0 Å². The Bertz CT molecular complexity index is 320. The number of hydrogen-bond donors (Lipinski definition) is 0. The van der Waals surface area contributed by atoms with Crippen LogP contribution in [0.15, 0.2) is 16.9 Å². The number of allylic oxidation sites excluding steroid dienone is 1. The van der Waals surface area contributed by atoms with Gasteiger partial charge in [-0.3, -0.25) is 0 Å². The molecule has 0 N–H and O–H groups in total. The lowest BCUT2D eigenvalue weighted by Crippen LogP contribution is -2.25. The Morgan fingerprint density at radius 2 is 1.65 bits per heavy atom. The summed E-state index contributed by atoms with van der Waals surface area (Å²) < 4.78 is 38.7. The third kappa shape index (κ3) is 5.60. The quantitative estimate of drug-likeness (QED) is 0.468. The van der Waals surface area contributed by atoms with Crippen molar-refractivity contribution >= 4 is 8.07 Å². The largest absolute Gasteiger partial charge is 0.419 e. The van der Waals surface area contributed by atoms with Gasteiger partial charge in [0.1, 0.15) is 0 Å². The van der Waals surface area contributed by atoms with Crippen molar-refractivity contribution in [2.24, 2.45) is 0 Å². The molecule has 0 radical (unpaired) electrons. The van der Waals surface area contributed by atoms with Gasteiger partial charge in [-0.1, -0.05) is 26.1 Å². The van der Waals surface area contributed by atoms with Crippen molar-refractivity contribution in [3.63, 3.8) is 0 Å². The van der Waals surface area contributed by atoms with Crippen LogP contribution in [0.2, 0.25) is 25.7 Å². The van der Waals surface area contributed by atoms with Crippen molar-refractivity contribution in [2.75, 3.05) is 0 Å². The van der Waals surface area contributed by atoms with Crippen LogP contribution in [0.25, 0.3) is 0 Å². The van der Waals surface area contributed by atoms with E-state index < -0.39 is 19.8 Å². The van der Waals surface area contributed by atoms with E-state index in [2.05, 4.69) is 5.73 Å². The predicted molar refractivity (Wildman–Crippen MR) is 67.8 cm³/mol. The Kier molecular flexibility index (Phi) is 4.67. The van der Waals surface area contributed by atoms with Crippen LogP contribution in [0.1, 0.15) is 32.1 Å². The van der Waals surface area contributed by atoms with Crippen molar-refractivity contribution < 1.29 is 13.2 Å². The first-order chi connectivity index (χ1) is 7.68. The molecule has 0 aromatic carbocycles. The van der Waals surface area contributed by atoms with Gasteiger partial charge in [-0.2, -0.15) is 13.2 Å². The SMILES string of the molecule is C[Si](C)(C)CC(=C=C1CCCCC1)C(F)(F)F. The second-order valence-electron chi connectivity index (χ2n) is 6.00. The van der Waals surface area contributed by atoms with E-state index in [1.165, 1.54) is 0 Å². The third-order valence-electron chi connectivity index (χ3n) is 2.83. The average Bonchev–Trinajstić information content (AvgIpc) is 2.15. The van der Waals surface area contributed by atoms with E-state index in [0.717, 1.165) is 37.7 Å². The molecule has 1 aliphatic carbocycles. The molecule has 0 nitrogen and oxygen atoms in total. The van der Waals surface area contributed by atoms with Gasteiger partial charge >= 0.3 is 6.18 Å². The third-order valence-corrected chi connectivity index (χ3v) is 4.25. The molecule has 17 heavy (non-hydrogen) atoms. The molecule has 1 aliphatic rings. The first-order valence-electron chi connectivity index (χ1n) is 6.23. The summed E-state index contributed by atoms with van der Waals surface area (Å²) in [6.07, 6.45) is 0.558. The molecule has 0 aromatic rings. The standard InChI is InChI=1S/C13H21F3Si/c1-17(2,3)10-12(13(14,15)16)9-11-7-5-4-6-8-11/h4-8,10H2,1-3H3. The molecule has 1 rings (SSSR count). The first-order valence-corrected chi connectivity index (χ1v) is 9.94. The highest BCUT2D eigenvalue weighted by Crippen LogP contribution is 2.33. The lowest BCUT2D eigenvalue weighted by Gasteiger charge is -2.20. The van der Waals surface area contributed by atoms with E-state index in [1.54, 1.807) is 0 Å². The highest BCUT2D eigenvalue weighted by molar-refractivity contribution is 6.76. The average molecular weight is 262 g/mol. The van der Waals surface area contributed by atoms with Crippen molar-refractivity contribution in [1.82, 2.24) is 0 Å². The van der Waals surface area contributed by atoms with Gasteiger partial charge in [0.15, 0.2) is 0 Å². The van der Waals surface area contributed by atoms with Crippen molar-refractivity contribution in [3.8, 4) is 0 Å². The van der Waals surface area contributed by atoms with Gasteiger partial charge in [0.05, 0.1) is 5.57 Å². The Morgan fingerprint density at radius 1 is 1.12 bits per heavy atom. The topological polar surface area (TPSA) is 0 Å². The number of halogens is 3. The summed E-state index contributed by atoms with van der Waals surface area (Å²) in [6.45, 7) is 5.89. The Morgan fingerprint density at radius 3 is 2.06 bits per heavy atom. The van der Waals surface area contributed by atoms with Gasteiger partial charge < -0.3 is 0 Å². The van der Waals surface area contributed by atoms with Crippen LogP contribution in [0, 0.1) is 0 Å². The predicted octanol–water partition coefficient (Wildman–Crippen LogP) is 5.30. The van der Waals surface area contributed by atoms with Crippen LogP contribution in [0.3, 0.4) is 0 Å². The molecule has 4 heteroatoms. The Labute approximate surface area is 103 Å². The minimum atomic E-state index is -4.20. The number of rotatable bonds is 2. The van der Waals surface area contributed by atoms with Gasteiger partial charge in [-0.25, -0.2) is 0 Å². The summed E-state index contributed by atoms with van der Waals surface area (Å²) in [5.41, 5.74) is 3.15. The van der Waals surface area contributed by atoms with Crippen LogP contribution < -0.4 is 0 Å².